The molecule has 1 saturated carbocycles. The Kier molecular flexibility index (Phi) is 8.27. The second-order valence-corrected chi connectivity index (χ2v) is 10.7. The molecule has 3 fully saturated rings. The zero-order chi connectivity index (χ0) is 25.3. The molecule has 12 heteroatoms. The van der Waals surface area contributed by atoms with Crippen molar-refractivity contribution in [2.75, 3.05) is 6.54 Å². The maximum Gasteiger partial charge on any atom is 0.414 e. The van der Waals surface area contributed by atoms with Gasteiger partial charge in [0.25, 0.3) is 0 Å². The van der Waals surface area contributed by atoms with Crippen LogP contribution in [0.4, 0.5) is 0 Å². The highest BCUT2D eigenvalue weighted by Crippen LogP contribution is 2.52. The summed E-state index contributed by atoms with van der Waals surface area (Å²) in [7, 11) is 0. The third-order valence-electron chi connectivity index (χ3n) is 7.21. The van der Waals surface area contributed by atoms with Gasteiger partial charge in [-0.3, -0.25) is 4.79 Å². The molecule has 3 aliphatic heterocycles. The Labute approximate surface area is 201 Å². The number of fused-ring (bicyclic) bond motifs is 1. The van der Waals surface area contributed by atoms with Crippen LogP contribution in [0.2, 0.25) is 0 Å². The molecule has 1 aliphatic carbocycles. The Bertz CT molecular complexity index is 858. The van der Waals surface area contributed by atoms with E-state index in [1.54, 1.807) is 6.92 Å². The van der Waals surface area contributed by atoms with E-state index in [4.69, 9.17) is 19.8 Å². The number of β-lactam (4-membered cyclic amide) rings is 1. The average molecular weight is 501 g/mol. The second-order valence-electron chi connectivity index (χ2n) is 9.41. The number of aliphatic hydroxyl groups is 2. The normalized spacial score (nSPS) is 32.5. The maximum absolute atomic E-state index is 12.4. The number of rotatable bonds is 6. The van der Waals surface area contributed by atoms with Crippen LogP contribution in [0.1, 0.15) is 46.0 Å². The molecule has 0 aromatic rings. The first kappa shape index (κ1) is 26.5. The average Bonchev–Trinajstić information content (AvgIpc) is 3.48. The van der Waals surface area contributed by atoms with Crippen LogP contribution in [0.3, 0.4) is 0 Å². The summed E-state index contributed by atoms with van der Waals surface area (Å²) in [5.41, 5.74) is 0.0872. The molecule has 0 bridgehead atoms. The first-order chi connectivity index (χ1) is 16.0. The lowest BCUT2D eigenvalue weighted by molar-refractivity contribution is -0.163. The smallest absolute Gasteiger partial charge is 0.414 e. The van der Waals surface area contributed by atoms with Gasteiger partial charge in [0, 0.05) is 28.7 Å². The highest BCUT2D eigenvalue weighted by molar-refractivity contribution is 8.03. The van der Waals surface area contributed by atoms with Crippen molar-refractivity contribution in [3.8, 4) is 0 Å². The van der Waals surface area contributed by atoms with Crippen molar-refractivity contribution in [3.05, 3.63) is 10.6 Å². The van der Waals surface area contributed by atoms with Gasteiger partial charge in [0.15, 0.2) is 0 Å². The van der Waals surface area contributed by atoms with Gasteiger partial charge in [-0.2, -0.15) is 0 Å². The summed E-state index contributed by atoms with van der Waals surface area (Å²) in [5, 5.41) is 48.8. The standard InChI is InChI=1S/C20H30N2O5S.C2H2O4/c1-9-15-14(10(2)23)19(25)22(15)16(20(26)27)18(9)28-12-7-13(21-8-12)17(24)11-5-3-4-6-11;3-1(4)2(5)6/h9-15,17,21,23-24H,3-8H2,1-2H3,(H,26,27);(H,3,4)(H,5,6)/t9-,10-,12+,13+,14-,15-,17-;/m1./s1. The molecule has 6 N–H and O–H groups in total. The number of hydrogen-bond acceptors (Lipinski definition) is 8. The van der Waals surface area contributed by atoms with Crippen molar-refractivity contribution < 1.29 is 44.7 Å². The quantitative estimate of drug-likeness (QED) is 0.218. The van der Waals surface area contributed by atoms with Crippen molar-refractivity contribution in [2.24, 2.45) is 17.8 Å². The van der Waals surface area contributed by atoms with Gasteiger partial charge in [-0.05, 0) is 32.1 Å². The molecule has 7 atom stereocenters. The van der Waals surface area contributed by atoms with E-state index in [1.807, 2.05) is 6.92 Å². The zero-order valence-electron chi connectivity index (χ0n) is 19.1. The molecule has 34 heavy (non-hydrogen) atoms. The molecule has 0 unspecified atom stereocenters. The van der Waals surface area contributed by atoms with Gasteiger partial charge < -0.3 is 35.7 Å². The Balaban J connectivity index is 0.000000481. The van der Waals surface area contributed by atoms with E-state index in [-0.39, 0.29) is 41.0 Å². The molecule has 0 spiro atoms. The minimum Gasteiger partial charge on any atom is -0.477 e. The molecule has 2 saturated heterocycles. The van der Waals surface area contributed by atoms with E-state index in [0.29, 0.717) is 5.92 Å². The summed E-state index contributed by atoms with van der Waals surface area (Å²) >= 11 is 1.54. The van der Waals surface area contributed by atoms with E-state index < -0.39 is 29.9 Å². The lowest BCUT2D eigenvalue weighted by atomic mass is 9.79. The summed E-state index contributed by atoms with van der Waals surface area (Å²) < 4.78 is 0. The summed E-state index contributed by atoms with van der Waals surface area (Å²) in [5.74, 6) is -5.29. The predicted molar refractivity (Wildman–Crippen MR) is 121 cm³/mol. The van der Waals surface area contributed by atoms with Gasteiger partial charge in [0.05, 0.1) is 24.2 Å². The highest BCUT2D eigenvalue weighted by atomic mass is 32.2. The number of nitrogens with one attached hydrogen (secondary N) is 1. The fourth-order valence-corrected chi connectivity index (χ4v) is 7.06. The monoisotopic (exact) mass is 500 g/mol. The highest BCUT2D eigenvalue weighted by Gasteiger charge is 2.60. The third-order valence-corrected chi connectivity index (χ3v) is 8.72. The number of thioether (sulfide) groups is 1. The number of aliphatic hydroxyl groups excluding tert-OH is 2. The molecule has 3 heterocycles. The molecule has 0 aromatic heterocycles. The number of carbonyl (C=O) groups excluding carboxylic acids is 1. The summed E-state index contributed by atoms with van der Waals surface area (Å²) in [6.45, 7) is 4.26. The fourth-order valence-electron chi connectivity index (χ4n) is 5.57. The summed E-state index contributed by atoms with van der Waals surface area (Å²) in [4.78, 5) is 44.6. The molecular weight excluding hydrogens is 468 g/mol. The van der Waals surface area contributed by atoms with Crippen LogP contribution in [0.5, 0.6) is 0 Å². The van der Waals surface area contributed by atoms with E-state index in [0.717, 1.165) is 30.7 Å². The van der Waals surface area contributed by atoms with Gasteiger partial charge >= 0.3 is 17.9 Å². The molecule has 190 valence electrons. The van der Waals surface area contributed by atoms with Crippen molar-refractivity contribution in [1.82, 2.24) is 10.2 Å². The van der Waals surface area contributed by atoms with E-state index in [2.05, 4.69) is 5.32 Å². The van der Waals surface area contributed by atoms with Gasteiger partial charge in [0.1, 0.15) is 5.70 Å². The van der Waals surface area contributed by atoms with Crippen molar-refractivity contribution in [3.63, 3.8) is 0 Å². The number of nitrogens with zero attached hydrogens (tertiary/aromatic N) is 1. The number of amides is 1. The summed E-state index contributed by atoms with van der Waals surface area (Å²) in [6, 6.07) is -0.217. The molecule has 4 rings (SSSR count). The molecule has 1 amide bonds. The van der Waals surface area contributed by atoms with Gasteiger partial charge in [0.2, 0.25) is 5.91 Å². The lowest BCUT2D eigenvalue weighted by Crippen LogP contribution is -2.63. The van der Waals surface area contributed by atoms with Crippen molar-refractivity contribution in [1.29, 1.82) is 0 Å². The Morgan fingerprint density at radius 1 is 1.09 bits per heavy atom. The minimum absolute atomic E-state index is 0.0510. The van der Waals surface area contributed by atoms with E-state index in [1.165, 1.54) is 29.5 Å². The Morgan fingerprint density at radius 3 is 2.18 bits per heavy atom. The largest absolute Gasteiger partial charge is 0.477 e. The number of carboxylic acid groups (broad SMARTS) is 3. The number of carboxylic acids is 3. The summed E-state index contributed by atoms with van der Waals surface area (Å²) in [6.07, 6.45) is 4.22. The van der Waals surface area contributed by atoms with Crippen molar-refractivity contribution in [2.45, 2.75) is 75.5 Å². The first-order valence-corrected chi connectivity index (χ1v) is 12.4. The van der Waals surface area contributed by atoms with Gasteiger partial charge in [-0.1, -0.05) is 19.8 Å². The van der Waals surface area contributed by atoms with Gasteiger partial charge in [-0.15, -0.1) is 11.8 Å². The van der Waals surface area contributed by atoms with Crippen LogP contribution >= 0.6 is 11.8 Å². The SMILES string of the molecule is C[C@@H](O)[C@H]1C(=O)N2C(C(=O)O)=C(S[C@@H]3CN[C@H]([C@H](O)C4CCCC4)C3)[C@H](C)[C@H]12.O=C(O)C(=O)O. The van der Waals surface area contributed by atoms with E-state index in [9.17, 15) is 24.9 Å². The Morgan fingerprint density at radius 2 is 1.68 bits per heavy atom. The Hall–Kier alpha value is -2.15. The predicted octanol–water partition coefficient (Wildman–Crippen LogP) is 0.311. The number of hydrogen-bond donors (Lipinski definition) is 6. The molecular formula is C22H32N2O9S. The lowest BCUT2D eigenvalue weighted by Gasteiger charge is -2.46. The van der Waals surface area contributed by atoms with Crippen LogP contribution in [-0.4, -0.2) is 90.3 Å². The van der Waals surface area contributed by atoms with Crippen LogP contribution in [0.15, 0.2) is 10.6 Å². The number of aliphatic carboxylic acids is 3. The topological polar surface area (TPSA) is 185 Å². The first-order valence-electron chi connectivity index (χ1n) is 11.5. The minimum atomic E-state index is -1.82. The molecule has 4 aliphatic rings. The van der Waals surface area contributed by atoms with Crippen LogP contribution in [-0.2, 0) is 19.2 Å². The van der Waals surface area contributed by atoms with E-state index >= 15 is 0 Å². The van der Waals surface area contributed by atoms with Crippen LogP contribution in [0.25, 0.3) is 0 Å². The van der Waals surface area contributed by atoms with Gasteiger partial charge in [-0.25, -0.2) is 14.4 Å². The number of carbonyl (C=O) groups is 4. The molecule has 11 nitrogen and oxygen atoms in total. The van der Waals surface area contributed by atoms with Crippen molar-refractivity contribution >= 4 is 35.6 Å². The maximum atomic E-state index is 12.4. The fraction of sp³-hybridized carbons (Fsp3) is 0.727. The van der Waals surface area contributed by atoms with Crippen LogP contribution in [0, 0.1) is 17.8 Å². The zero-order valence-corrected chi connectivity index (χ0v) is 19.9. The molecule has 0 radical (unpaired) electrons. The molecule has 0 aromatic carbocycles. The third kappa shape index (κ3) is 5.09. The second kappa shape index (κ2) is 10.6. The van der Waals surface area contributed by atoms with Crippen LogP contribution < -0.4 is 5.32 Å².